The number of carboxylic acid groups (broad SMARTS) is 1. The summed E-state index contributed by atoms with van der Waals surface area (Å²) < 4.78 is 72.1. The zero-order valence-corrected chi connectivity index (χ0v) is 31.1. The van der Waals surface area contributed by atoms with E-state index in [-0.39, 0.29) is 68.6 Å². The topological polar surface area (TPSA) is 136 Å². The molecule has 0 aromatic heterocycles. The Labute approximate surface area is 301 Å². The lowest BCUT2D eigenvalue weighted by Crippen LogP contribution is -2.59. The maximum atomic E-state index is 14.2. The molecule has 0 amide bonds. The Hall–Kier alpha value is -1.52. The number of fused-ring (bicyclic) bond motifs is 2. The summed E-state index contributed by atoms with van der Waals surface area (Å²) in [5.74, 6) is -3.37. The molecule has 2 heterocycles. The van der Waals surface area contributed by atoms with E-state index in [0.29, 0.717) is 25.7 Å². The molecular weight excluding hydrogens is 675 g/mol. The van der Waals surface area contributed by atoms with Gasteiger partial charge in [0.25, 0.3) is 0 Å². The molecule has 11 nitrogen and oxygen atoms in total. The number of methoxy groups -OCH3 is 1. The van der Waals surface area contributed by atoms with Gasteiger partial charge in [-0.1, -0.05) is 33.1 Å². The number of hydrogen-bond acceptors (Lipinski definition) is 10. The fraction of sp³-hybridized carbons (Fsp3) is 0.919. The van der Waals surface area contributed by atoms with Gasteiger partial charge in [0.1, 0.15) is 17.8 Å². The van der Waals surface area contributed by atoms with Crippen LogP contribution in [0.25, 0.3) is 0 Å². The number of hydrogen-bond donors (Lipinski definition) is 3. The molecule has 0 aromatic carbocycles. The Morgan fingerprint density at radius 1 is 1.08 bits per heavy atom. The zero-order valence-electron chi connectivity index (χ0n) is 31.1. The first-order chi connectivity index (χ1) is 24.1. The summed E-state index contributed by atoms with van der Waals surface area (Å²) in [6.45, 7) is 7.39. The summed E-state index contributed by atoms with van der Waals surface area (Å²) in [7, 11) is 1.54. The van der Waals surface area contributed by atoms with E-state index in [1.807, 2.05) is 13.8 Å². The SMILES string of the molecule is COC1(C)CCC2C(C)CCCC2(COC(=CCN(CCCCOC(O)C(C)C2CCCC3CCC(C)OCC32OO)CC(=O)O)C(F)(F)F)O1. The highest BCUT2D eigenvalue weighted by atomic mass is 19.4. The molecule has 2 saturated heterocycles. The minimum absolute atomic E-state index is 0.0366. The van der Waals surface area contributed by atoms with Gasteiger partial charge in [0.15, 0.2) is 17.8 Å². The second-order valence-electron chi connectivity index (χ2n) is 15.8. The van der Waals surface area contributed by atoms with Crippen molar-refractivity contribution < 1.29 is 62.0 Å². The number of unbranched alkanes of at least 4 members (excludes halogenated alkanes) is 1. The Bertz CT molecular complexity index is 1140. The van der Waals surface area contributed by atoms with Crippen LogP contribution in [0.5, 0.6) is 0 Å². The number of allylic oxidation sites excluding steroid dienone is 1. The molecular formula is C37H62F3NO10. The number of nitrogens with zero attached hydrogens (tertiary/aromatic N) is 1. The fourth-order valence-corrected chi connectivity index (χ4v) is 9.30. The number of halogens is 3. The number of carboxylic acids is 1. The lowest BCUT2D eigenvalue weighted by molar-refractivity contribution is -0.375. The number of aliphatic hydroxyl groups excluding tert-OH is 1. The van der Waals surface area contributed by atoms with Crippen LogP contribution in [-0.4, -0.2) is 108 Å². The van der Waals surface area contributed by atoms with Crippen LogP contribution in [0.3, 0.4) is 0 Å². The number of ether oxygens (including phenoxy) is 5. The largest absolute Gasteiger partial charge is 0.486 e. The van der Waals surface area contributed by atoms with E-state index in [2.05, 4.69) is 6.92 Å². The number of rotatable bonds is 17. The molecule has 0 bridgehead atoms. The molecule has 3 N–H and O–H groups in total. The van der Waals surface area contributed by atoms with Gasteiger partial charge >= 0.3 is 12.1 Å². The summed E-state index contributed by atoms with van der Waals surface area (Å²) in [5.41, 5.74) is -1.83. The molecule has 296 valence electrons. The van der Waals surface area contributed by atoms with Crippen LogP contribution in [0.2, 0.25) is 0 Å². The van der Waals surface area contributed by atoms with Crippen LogP contribution in [0.1, 0.15) is 105 Å². The molecule has 10 atom stereocenters. The maximum Gasteiger partial charge on any atom is 0.448 e. The van der Waals surface area contributed by atoms with Gasteiger partial charge in [-0.15, -0.1) is 0 Å². The number of aliphatic carboxylic acids is 1. The highest BCUT2D eigenvalue weighted by molar-refractivity contribution is 5.69. The standard InChI is InChI=1S/C37H62F3NO10/c1-25-10-9-17-35(29(25)15-18-34(4,46-5)50-35)23-49-31(37(38,39)40)16-20-41(22-32(42)43)19-6-7-21-47-33(44)27(3)30-12-8-11-28-14-13-26(2)48-24-36(28,30)51-45/h16,25-30,33,44-45H,6-15,17-24H2,1-5H3,(H,42,43). The molecule has 0 spiro atoms. The Balaban J connectivity index is 1.31. The van der Waals surface area contributed by atoms with Crippen molar-refractivity contribution in [2.24, 2.45) is 29.6 Å². The van der Waals surface area contributed by atoms with Crippen molar-refractivity contribution in [2.75, 3.05) is 46.6 Å². The highest BCUT2D eigenvalue weighted by Gasteiger charge is 2.55. The monoisotopic (exact) mass is 737 g/mol. The van der Waals surface area contributed by atoms with E-state index in [1.165, 1.54) is 12.0 Å². The summed E-state index contributed by atoms with van der Waals surface area (Å²) in [6.07, 6.45) is 4.04. The van der Waals surface area contributed by atoms with Crippen molar-refractivity contribution in [1.29, 1.82) is 0 Å². The molecule has 14 heteroatoms. The lowest BCUT2D eigenvalue weighted by Gasteiger charge is -2.54. The zero-order chi connectivity index (χ0) is 37.5. The molecule has 2 aliphatic heterocycles. The van der Waals surface area contributed by atoms with E-state index in [1.54, 1.807) is 6.92 Å². The van der Waals surface area contributed by atoms with E-state index >= 15 is 0 Å². The molecule has 2 saturated carbocycles. The molecule has 10 unspecified atom stereocenters. The average Bonchev–Trinajstić information content (AvgIpc) is 3.25. The van der Waals surface area contributed by atoms with Crippen LogP contribution in [0.15, 0.2) is 11.8 Å². The van der Waals surface area contributed by atoms with Gasteiger partial charge in [-0.2, -0.15) is 13.2 Å². The third-order valence-corrected chi connectivity index (χ3v) is 12.3. The number of carbonyl (C=O) groups is 1. The first-order valence-electron chi connectivity index (χ1n) is 18.9. The van der Waals surface area contributed by atoms with Gasteiger partial charge in [0, 0.05) is 38.5 Å². The molecule has 0 aromatic rings. The second kappa shape index (κ2) is 18.2. The van der Waals surface area contributed by atoms with Gasteiger partial charge in [0.05, 0.1) is 19.3 Å². The van der Waals surface area contributed by atoms with Crippen molar-refractivity contribution in [3.63, 3.8) is 0 Å². The van der Waals surface area contributed by atoms with Crippen LogP contribution >= 0.6 is 0 Å². The fourth-order valence-electron chi connectivity index (χ4n) is 9.30. The Morgan fingerprint density at radius 3 is 2.53 bits per heavy atom. The lowest BCUT2D eigenvalue weighted by atomic mass is 9.63. The Kier molecular flexibility index (Phi) is 15.1. The van der Waals surface area contributed by atoms with Gasteiger partial charge in [-0.3, -0.25) is 15.0 Å². The molecule has 51 heavy (non-hydrogen) atoms. The second-order valence-corrected chi connectivity index (χ2v) is 15.8. The van der Waals surface area contributed by atoms with E-state index < -0.39 is 47.7 Å². The quantitative estimate of drug-likeness (QED) is 0.0479. The van der Waals surface area contributed by atoms with Crippen molar-refractivity contribution in [2.45, 2.75) is 140 Å². The predicted molar refractivity (Wildman–Crippen MR) is 181 cm³/mol. The van der Waals surface area contributed by atoms with E-state index in [9.17, 15) is 33.4 Å². The summed E-state index contributed by atoms with van der Waals surface area (Å²) in [6, 6.07) is 0. The summed E-state index contributed by atoms with van der Waals surface area (Å²) in [5, 5.41) is 30.6. The van der Waals surface area contributed by atoms with Gasteiger partial charge < -0.3 is 33.9 Å². The average molecular weight is 738 g/mol. The number of alkyl halides is 3. The molecule has 0 radical (unpaired) electrons. The van der Waals surface area contributed by atoms with Crippen LogP contribution in [0.4, 0.5) is 13.2 Å². The summed E-state index contributed by atoms with van der Waals surface area (Å²) in [4.78, 5) is 18.2. The normalized spacial score (nSPS) is 36.1. The van der Waals surface area contributed by atoms with Crippen molar-refractivity contribution >= 4 is 5.97 Å². The van der Waals surface area contributed by atoms with E-state index in [4.69, 9.17) is 28.6 Å². The highest BCUT2D eigenvalue weighted by Crippen LogP contribution is 2.51. The molecule has 2 aliphatic carbocycles. The molecule has 4 rings (SSSR count). The van der Waals surface area contributed by atoms with E-state index in [0.717, 1.165) is 57.4 Å². The Morgan fingerprint density at radius 2 is 1.84 bits per heavy atom. The first-order valence-corrected chi connectivity index (χ1v) is 18.9. The van der Waals surface area contributed by atoms with Crippen LogP contribution in [-0.2, 0) is 33.4 Å². The minimum atomic E-state index is -4.78. The molecule has 4 aliphatic rings. The van der Waals surface area contributed by atoms with Crippen molar-refractivity contribution in [1.82, 2.24) is 4.90 Å². The first kappa shape index (κ1) is 42.2. The minimum Gasteiger partial charge on any atom is -0.486 e. The van der Waals surface area contributed by atoms with Gasteiger partial charge in [-0.05, 0) is 95.6 Å². The van der Waals surface area contributed by atoms with Crippen molar-refractivity contribution in [3.8, 4) is 0 Å². The molecule has 4 fully saturated rings. The van der Waals surface area contributed by atoms with Gasteiger partial charge in [0.2, 0.25) is 0 Å². The smallest absolute Gasteiger partial charge is 0.448 e. The number of aliphatic hydroxyl groups is 1. The third kappa shape index (κ3) is 10.6. The van der Waals surface area contributed by atoms with Crippen molar-refractivity contribution in [3.05, 3.63) is 11.8 Å². The predicted octanol–water partition coefficient (Wildman–Crippen LogP) is 6.78. The maximum absolute atomic E-state index is 14.2. The third-order valence-electron chi connectivity index (χ3n) is 12.3. The summed E-state index contributed by atoms with van der Waals surface area (Å²) >= 11 is 0. The van der Waals surface area contributed by atoms with Crippen LogP contribution in [0, 0.1) is 29.6 Å². The van der Waals surface area contributed by atoms with Crippen LogP contribution < -0.4 is 0 Å². The van der Waals surface area contributed by atoms with Gasteiger partial charge in [-0.25, -0.2) is 4.89 Å².